The summed E-state index contributed by atoms with van der Waals surface area (Å²) >= 11 is 0. The van der Waals surface area contributed by atoms with Gasteiger partial charge in [-0.05, 0) is 30.5 Å². The molecular weight excluding hydrogens is 322 g/mol. The summed E-state index contributed by atoms with van der Waals surface area (Å²) < 4.78 is 0. The van der Waals surface area contributed by atoms with Crippen molar-refractivity contribution >= 4 is 11.5 Å². The van der Waals surface area contributed by atoms with Crippen LogP contribution in [0.4, 0.5) is 5.82 Å². The van der Waals surface area contributed by atoms with Crippen LogP contribution < -0.4 is 11.1 Å². The Morgan fingerprint density at radius 2 is 2.00 bits per heavy atom. The lowest BCUT2D eigenvalue weighted by Gasteiger charge is -2.16. The number of benzene rings is 1. The number of aliphatic imine (C=N–C) groups is 1. The largest absolute Gasteiger partial charge is 0.384 e. The van der Waals surface area contributed by atoms with Crippen molar-refractivity contribution in [2.24, 2.45) is 10.9 Å². The normalized spacial score (nSPS) is 25.2. The zero-order valence-corrected chi connectivity index (χ0v) is 15.1. The number of hydrogen-bond acceptors (Lipinski definition) is 5. The number of aromatic nitrogens is 1. The Hall–Kier alpha value is -2.24. The van der Waals surface area contributed by atoms with Gasteiger partial charge in [0.25, 0.3) is 0 Å². The molecule has 4 rings (SSSR count). The molecule has 5 nitrogen and oxygen atoms in total. The maximum absolute atomic E-state index is 5.82. The monoisotopic (exact) mass is 349 g/mol. The number of rotatable bonds is 5. The summed E-state index contributed by atoms with van der Waals surface area (Å²) in [4.78, 5) is 12.1. The molecule has 0 amide bonds. The zero-order chi connectivity index (χ0) is 17.8. The van der Waals surface area contributed by atoms with E-state index in [1.807, 2.05) is 12.1 Å². The maximum Gasteiger partial charge on any atom is 0.123 e. The molecule has 0 radical (unpaired) electrons. The summed E-state index contributed by atoms with van der Waals surface area (Å²) in [5.41, 5.74) is 9.61. The Kier molecular flexibility index (Phi) is 5.27. The molecule has 136 valence electrons. The minimum Gasteiger partial charge on any atom is -0.384 e. The topological polar surface area (TPSA) is 66.5 Å². The smallest absolute Gasteiger partial charge is 0.123 e. The second kappa shape index (κ2) is 7.98. The molecule has 0 bridgehead atoms. The first-order valence-corrected chi connectivity index (χ1v) is 9.50. The lowest BCUT2D eigenvalue weighted by atomic mass is 9.97. The number of likely N-dealkylation sites (tertiary alicyclic amines) is 1. The van der Waals surface area contributed by atoms with Crippen molar-refractivity contribution < 1.29 is 0 Å². The van der Waals surface area contributed by atoms with Gasteiger partial charge >= 0.3 is 0 Å². The van der Waals surface area contributed by atoms with Crippen molar-refractivity contribution in [1.29, 1.82) is 0 Å². The van der Waals surface area contributed by atoms with Gasteiger partial charge in [0.05, 0.1) is 6.04 Å². The summed E-state index contributed by atoms with van der Waals surface area (Å²) in [5.74, 6) is 1.10. The summed E-state index contributed by atoms with van der Waals surface area (Å²) in [5, 5.41) is 3.50. The van der Waals surface area contributed by atoms with Gasteiger partial charge in [0.2, 0.25) is 0 Å². The number of anilines is 1. The number of pyridine rings is 1. The fraction of sp³-hybridized carbons (Fsp3) is 0.429. The Morgan fingerprint density at radius 1 is 1.12 bits per heavy atom. The Morgan fingerprint density at radius 3 is 2.85 bits per heavy atom. The van der Waals surface area contributed by atoms with E-state index in [0.29, 0.717) is 17.8 Å². The molecule has 0 unspecified atom stereocenters. The van der Waals surface area contributed by atoms with Crippen LogP contribution >= 0.6 is 0 Å². The van der Waals surface area contributed by atoms with E-state index < -0.39 is 0 Å². The van der Waals surface area contributed by atoms with Gasteiger partial charge in [0.1, 0.15) is 5.82 Å². The molecule has 2 aliphatic heterocycles. The highest BCUT2D eigenvalue weighted by molar-refractivity contribution is 5.88. The average molecular weight is 349 g/mol. The molecule has 2 aromatic rings. The standard InChI is InChI=1S/C21H27N5/c22-21-8-4-7-18(25-21)11-17-12-23-13-20(17)24-19-9-10-26(15-19)14-16-5-2-1-3-6-16/h1-8,17,20,23H,9-15H2,(H2,22,25)/b24-19+/t17-,20-/m0/s1. The van der Waals surface area contributed by atoms with Crippen LogP contribution in [0.15, 0.2) is 53.5 Å². The lowest BCUT2D eigenvalue weighted by Crippen LogP contribution is -2.23. The molecule has 1 aromatic heterocycles. The molecule has 2 aliphatic rings. The maximum atomic E-state index is 5.82. The summed E-state index contributed by atoms with van der Waals surface area (Å²) in [6.45, 7) is 5.09. The van der Waals surface area contributed by atoms with E-state index in [1.54, 1.807) is 0 Å². The van der Waals surface area contributed by atoms with Crippen LogP contribution in [0.25, 0.3) is 0 Å². The van der Waals surface area contributed by atoms with Crippen molar-refractivity contribution in [3.05, 3.63) is 59.8 Å². The molecule has 5 heteroatoms. The molecule has 0 spiro atoms. The van der Waals surface area contributed by atoms with Crippen molar-refractivity contribution in [2.75, 3.05) is 31.9 Å². The van der Waals surface area contributed by atoms with Gasteiger partial charge < -0.3 is 11.1 Å². The number of hydrogen-bond donors (Lipinski definition) is 2. The number of nitrogens with zero attached hydrogens (tertiary/aromatic N) is 3. The van der Waals surface area contributed by atoms with Gasteiger partial charge in [-0.1, -0.05) is 36.4 Å². The van der Waals surface area contributed by atoms with Crippen LogP contribution in [0.5, 0.6) is 0 Å². The van der Waals surface area contributed by atoms with E-state index in [2.05, 4.69) is 51.6 Å². The quantitative estimate of drug-likeness (QED) is 0.868. The van der Waals surface area contributed by atoms with E-state index in [4.69, 9.17) is 10.7 Å². The summed E-state index contributed by atoms with van der Waals surface area (Å²) in [6.07, 6.45) is 2.03. The third-order valence-electron chi connectivity index (χ3n) is 5.32. The summed E-state index contributed by atoms with van der Waals surface area (Å²) in [6, 6.07) is 16.9. The Balaban J connectivity index is 1.36. The highest BCUT2D eigenvalue weighted by atomic mass is 15.2. The van der Waals surface area contributed by atoms with E-state index in [-0.39, 0.29) is 0 Å². The van der Waals surface area contributed by atoms with Gasteiger partial charge in [0, 0.05) is 50.0 Å². The van der Waals surface area contributed by atoms with Crippen molar-refractivity contribution in [3.63, 3.8) is 0 Å². The Bertz CT molecular complexity index is 758. The minimum absolute atomic E-state index is 0.352. The number of nitrogens with two attached hydrogens (primary N) is 1. The van der Waals surface area contributed by atoms with Crippen LogP contribution in [-0.2, 0) is 13.0 Å². The van der Waals surface area contributed by atoms with Crippen LogP contribution in [0.2, 0.25) is 0 Å². The van der Waals surface area contributed by atoms with Crippen LogP contribution in [0, 0.1) is 5.92 Å². The van der Waals surface area contributed by atoms with Crippen molar-refractivity contribution in [1.82, 2.24) is 15.2 Å². The third-order valence-corrected chi connectivity index (χ3v) is 5.32. The highest BCUT2D eigenvalue weighted by Gasteiger charge is 2.29. The molecule has 3 N–H and O–H groups in total. The van der Waals surface area contributed by atoms with E-state index >= 15 is 0 Å². The lowest BCUT2D eigenvalue weighted by molar-refractivity contribution is 0.340. The van der Waals surface area contributed by atoms with Crippen molar-refractivity contribution in [2.45, 2.75) is 25.4 Å². The zero-order valence-electron chi connectivity index (χ0n) is 15.1. The second-order valence-corrected chi connectivity index (χ2v) is 7.39. The first-order valence-electron chi connectivity index (χ1n) is 9.50. The third kappa shape index (κ3) is 4.29. The predicted octanol–water partition coefficient (Wildman–Crippen LogP) is 2.14. The van der Waals surface area contributed by atoms with Crippen LogP contribution in [-0.4, -0.2) is 47.8 Å². The number of nitrogen functional groups attached to an aromatic ring is 1. The fourth-order valence-corrected chi connectivity index (χ4v) is 3.98. The molecule has 2 fully saturated rings. The van der Waals surface area contributed by atoms with E-state index in [0.717, 1.165) is 51.3 Å². The fourth-order valence-electron chi connectivity index (χ4n) is 3.98. The molecule has 0 saturated carbocycles. The molecule has 1 aromatic carbocycles. The first-order chi connectivity index (χ1) is 12.8. The van der Waals surface area contributed by atoms with Crippen LogP contribution in [0.3, 0.4) is 0 Å². The van der Waals surface area contributed by atoms with Gasteiger partial charge in [-0.3, -0.25) is 9.89 Å². The first kappa shape index (κ1) is 17.2. The van der Waals surface area contributed by atoms with Crippen LogP contribution in [0.1, 0.15) is 17.7 Å². The highest BCUT2D eigenvalue weighted by Crippen LogP contribution is 2.20. The summed E-state index contributed by atoms with van der Waals surface area (Å²) in [7, 11) is 0. The van der Waals surface area contributed by atoms with Gasteiger partial charge in [-0.2, -0.15) is 0 Å². The van der Waals surface area contributed by atoms with E-state index in [9.17, 15) is 0 Å². The molecule has 3 heterocycles. The molecule has 0 aliphatic carbocycles. The van der Waals surface area contributed by atoms with E-state index in [1.165, 1.54) is 11.3 Å². The number of nitrogens with one attached hydrogen (secondary N) is 1. The molecule has 2 atom stereocenters. The molecule has 26 heavy (non-hydrogen) atoms. The molecule has 2 saturated heterocycles. The van der Waals surface area contributed by atoms with Crippen molar-refractivity contribution in [3.8, 4) is 0 Å². The minimum atomic E-state index is 0.352. The average Bonchev–Trinajstić information content (AvgIpc) is 3.26. The van der Waals surface area contributed by atoms with Gasteiger partial charge in [-0.15, -0.1) is 0 Å². The second-order valence-electron chi connectivity index (χ2n) is 7.39. The SMILES string of the molecule is Nc1cccc(C[C@H]2CNC[C@@H]2/N=C2\CCN(Cc3ccccc3)C2)n1. The molecular formula is C21H27N5. The predicted molar refractivity (Wildman–Crippen MR) is 106 cm³/mol. The van der Waals surface area contributed by atoms with Gasteiger partial charge in [0.15, 0.2) is 0 Å². The van der Waals surface area contributed by atoms with Gasteiger partial charge in [-0.25, -0.2) is 4.98 Å². The Labute approximate surface area is 155 Å².